The molecule has 0 bridgehead atoms. The number of carbonyl (C=O) groups excluding carboxylic acids is 1. The van der Waals surface area contributed by atoms with Crippen molar-refractivity contribution in [3.63, 3.8) is 0 Å². The first-order valence-electron chi connectivity index (χ1n) is 7.95. The zero-order valence-corrected chi connectivity index (χ0v) is 14.5. The highest BCUT2D eigenvalue weighted by atomic mass is 16.6. The molecule has 1 aromatic heterocycles. The maximum Gasteiger partial charge on any atom is 0.331 e. The van der Waals surface area contributed by atoms with Gasteiger partial charge >= 0.3 is 11.9 Å². The van der Waals surface area contributed by atoms with E-state index in [1.807, 2.05) is 51.1 Å². The van der Waals surface area contributed by atoms with Gasteiger partial charge in [-0.25, -0.2) is 4.79 Å². The van der Waals surface area contributed by atoms with E-state index in [9.17, 15) is 14.7 Å². The number of carboxylic acids is 1. The number of hydrogen-bond acceptors (Lipinski definition) is 3. The van der Waals surface area contributed by atoms with Gasteiger partial charge in [-0.3, -0.25) is 4.79 Å². The van der Waals surface area contributed by atoms with E-state index in [0.29, 0.717) is 17.7 Å². The highest BCUT2D eigenvalue weighted by molar-refractivity contribution is 5.94. The summed E-state index contributed by atoms with van der Waals surface area (Å²) in [5.41, 5.74) is 1.28. The van der Waals surface area contributed by atoms with Gasteiger partial charge in [0.2, 0.25) is 0 Å². The van der Waals surface area contributed by atoms with Crippen molar-refractivity contribution in [3.05, 3.63) is 41.6 Å². The summed E-state index contributed by atoms with van der Waals surface area (Å²) in [5, 5.41) is 10.2. The number of benzene rings is 1. The molecule has 0 atom stereocenters. The molecule has 5 nitrogen and oxygen atoms in total. The summed E-state index contributed by atoms with van der Waals surface area (Å²) in [6.45, 7) is 7.28. The molecule has 1 aromatic carbocycles. The van der Waals surface area contributed by atoms with Gasteiger partial charge in [0.25, 0.3) is 0 Å². The molecular weight excluding hydrogens is 306 g/mol. The minimum absolute atomic E-state index is 0.0350. The molecule has 0 unspecified atom stereocenters. The minimum atomic E-state index is -0.952. The fourth-order valence-electron chi connectivity index (χ4n) is 2.52. The maximum atomic E-state index is 12.2. The zero-order chi connectivity index (χ0) is 17.9. The van der Waals surface area contributed by atoms with Crippen molar-refractivity contribution in [3.8, 4) is 0 Å². The molecule has 2 rings (SSSR count). The van der Waals surface area contributed by atoms with Crippen molar-refractivity contribution >= 4 is 28.9 Å². The Kier molecular flexibility index (Phi) is 5.12. The molecule has 0 aliphatic heterocycles. The Hall–Kier alpha value is -2.56. The van der Waals surface area contributed by atoms with Crippen LogP contribution in [0.1, 0.15) is 39.8 Å². The highest BCUT2D eigenvalue weighted by Gasteiger charge is 2.19. The number of aliphatic carboxylic acids is 1. The van der Waals surface area contributed by atoms with Crippen LogP contribution in [0.3, 0.4) is 0 Å². The van der Waals surface area contributed by atoms with Gasteiger partial charge in [-0.05, 0) is 45.4 Å². The largest absolute Gasteiger partial charge is 0.478 e. The number of fused-ring (bicyclic) bond motifs is 1. The summed E-state index contributed by atoms with van der Waals surface area (Å²) in [4.78, 5) is 23.5. The molecule has 2 aromatic rings. The maximum absolute atomic E-state index is 12.2. The van der Waals surface area contributed by atoms with E-state index in [1.165, 1.54) is 0 Å². The van der Waals surface area contributed by atoms with Gasteiger partial charge in [0.1, 0.15) is 12.1 Å². The van der Waals surface area contributed by atoms with Crippen molar-refractivity contribution in [1.29, 1.82) is 0 Å². The molecule has 24 heavy (non-hydrogen) atoms. The Morgan fingerprint density at radius 2 is 1.92 bits per heavy atom. The van der Waals surface area contributed by atoms with Crippen molar-refractivity contribution in [1.82, 2.24) is 4.57 Å². The van der Waals surface area contributed by atoms with Crippen LogP contribution in [0, 0.1) is 0 Å². The summed E-state index contributed by atoms with van der Waals surface area (Å²) in [6, 6.07) is 9.53. The molecule has 0 spiro atoms. The number of ether oxygens (including phenoxy) is 1. The Morgan fingerprint density at radius 1 is 1.25 bits per heavy atom. The first-order chi connectivity index (χ1) is 11.2. The molecule has 0 radical (unpaired) electrons. The third kappa shape index (κ3) is 4.25. The van der Waals surface area contributed by atoms with E-state index in [0.717, 1.165) is 10.9 Å². The van der Waals surface area contributed by atoms with Crippen LogP contribution in [-0.2, 0) is 20.9 Å². The van der Waals surface area contributed by atoms with Gasteiger partial charge in [-0.2, -0.15) is 0 Å². The lowest BCUT2D eigenvalue weighted by Gasteiger charge is -2.20. The Bertz CT molecular complexity index is 793. The van der Waals surface area contributed by atoms with E-state index in [1.54, 1.807) is 17.6 Å². The number of rotatable bonds is 5. The van der Waals surface area contributed by atoms with Crippen LogP contribution in [0.2, 0.25) is 0 Å². The molecule has 1 N–H and O–H groups in total. The van der Waals surface area contributed by atoms with Crippen LogP contribution in [0.4, 0.5) is 0 Å². The molecule has 0 aliphatic carbocycles. The molecule has 0 saturated heterocycles. The van der Waals surface area contributed by atoms with Gasteiger partial charge in [-0.1, -0.05) is 25.1 Å². The van der Waals surface area contributed by atoms with E-state index in [4.69, 9.17) is 4.74 Å². The summed E-state index contributed by atoms with van der Waals surface area (Å²) in [6.07, 6.45) is 2.02. The van der Waals surface area contributed by atoms with E-state index in [2.05, 4.69) is 0 Å². The average molecular weight is 329 g/mol. The SMILES string of the molecule is CC/C(=C\c1cc2ccccc2n1CC(=O)OC(C)(C)C)C(=O)O. The standard InChI is InChI=1S/C19H23NO4/c1-5-13(18(22)23)10-15-11-14-8-6-7-9-16(14)20(15)12-17(21)24-19(2,3)4/h6-11H,5,12H2,1-4H3,(H,22,23)/b13-10+. The van der Waals surface area contributed by atoms with E-state index >= 15 is 0 Å². The fourth-order valence-corrected chi connectivity index (χ4v) is 2.52. The van der Waals surface area contributed by atoms with Gasteiger partial charge < -0.3 is 14.4 Å². The van der Waals surface area contributed by atoms with Gasteiger partial charge in [0.05, 0.1) is 0 Å². The summed E-state index contributed by atoms with van der Waals surface area (Å²) >= 11 is 0. The van der Waals surface area contributed by atoms with Crippen LogP contribution in [0.25, 0.3) is 17.0 Å². The van der Waals surface area contributed by atoms with Crippen LogP contribution in [0.15, 0.2) is 35.9 Å². The van der Waals surface area contributed by atoms with Crippen LogP contribution >= 0.6 is 0 Å². The molecule has 0 amide bonds. The van der Waals surface area contributed by atoms with Gasteiger partial charge in [0, 0.05) is 22.2 Å². The number of aromatic nitrogens is 1. The Balaban J connectivity index is 2.48. The van der Waals surface area contributed by atoms with Crippen molar-refractivity contribution < 1.29 is 19.4 Å². The average Bonchev–Trinajstić information content (AvgIpc) is 2.80. The lowest BCUT2D eigenvalue weighted by molar-refractivity contribution is -0.155. The molecule has 0 aliphatic rings. The summed E-state index contributed by atoms with van der Waals surface area (Å²) < 4.78 is 7.19. The number of esters is 1. The van der Waals surface area contributed by atoms with Crippen molar-refractivity contribution in [2.24, 2.45) is 0 Å². The number of para-hydroxylation sites is 1. The van der Waals surface area contributed by atoms with Crippen molar-refractivity contribution in [2.45, 2.75) is 46.3 Å². The molecule has 5 heteroatoms. The lowest BCUT2D eigenvalue weighted by atomic mass is 10.1. The fraction of sp³-hybridized carbons (Fsp3) is 0.368. The predicted octanol–water partition coefficient (Wildman–Crippen LogP) is 3.86. The second kappa shape index (κ2) is 6.91. The summed E-state index contributed by atoms with van der Waals surface area (Å²) in [5.74, 6) is -1.31. The highest BCUT2D eigenvalue weighted by Crippen LogP contribution is 2.23. The second-order valence-corrected chi connectivity index (χ2v) is 6.63. The molecule has 1 heterocycles. The molecule has 128 valence electrons. The smallest absolute Gasteiger partial charge is 0.331 e. The number of hydrogen-bond donors (Lipinski definition) is 1. The van der Waals surface area contributed by atoms with E-state index in [-0.39, 0.29) is 12.5 Å². The zero-order valence-electron chi connectivity index (χ0n) is 14.5. The quantitative estimate of drug-likeness (QED) is 0.668. The van der Waals surface area contributed by atoms with Crippen LogP contribution in [-0.4, -0.2) is 27.2 Å². The third-order valence-electron chi connectivity index (χ3n) is 3.53. The first kappa shape index (κ1) is 17.8. The predicted molar refractivity (Wildman–Crippen MR) is 93.7 cm³/mol. The third-order valence-corrected chi connectivity index (χ3v) is 3.53. The van der Waals surface area contributed by atoms with Crippen molar-refractivity contribution in [2.75, 3.05) is 0 Å². The van der Waals surface area contributed by atoms with Gasteiger partial charge in [0.15, 0.2) is 0 Å². The Labute approximate surface area is 141 Å². The van der Waals surface area contributed by atoms with E-state index < -0.39 is 11.6 Å². The first-order valence-corrected chi connectivity index (χ1v) is 7.95. The molecule has 0 saturated carbocycles. The number of nitrogens with zero attached hydrogens (tertiary/aromatic N) is 1. The van der Waals surface area contributed by atoms with Crippen LogP contribution < -0.4 is 0 Å². The lowest BCUT2D eigenvalue weighted by Crippen LogP contribution is -2.26. The number of carbonyl (C=O) groups is 2. The Morgan fingerprint density at radius 3 is 2.50 bits per heavy atom. The minimum Gasteiger partial charge on any atom is -0.478 e. The van der Waals surface area contributed by atoms with Gasteiger partial charge in [-0.15, -0.1) is 0 Å². The number of carboxylic acid groups (broad SMARTS) is 1. The topological polar surface area (TPSA) is 68.5 Å². The molecule has 0 fully saturated rings. The summed E-state index contributed by atoms with van der Waals surface area (Å²) in [7, 11) is 0. The molecular formula is C19H23NO4. The van der Waals surface area contributed by atoms with Crippen LogP contribution in [0.5, 0.6) is 0 Å². The monoisotopic (exact) mass is 329 g/mol. The second-order valence-electron chi connectivity index (χ2n) is 6.63. The normalized spacial score (nSPS) is 12.4.